The summed E-state index contributed by atoms with van der Waals surface area (Å²) in [4.78, 5) is 28.5. The Balaban J connectivity index is 1.60. The number of aromatic nitrogens is 1. The van der Waals surface area contributed by atoms with Crippen molar-refractivity contribution in [3.8, 4) is 0 Å². The van der Waals surface area contributed by atoms with Gasteiger partial charge in [0.15, 0.2) is 5.58 Å². The second-order valence-electron chi connectivity index (χ2n) is 6.99. The number of pyridine rings is 1. The van der Waals surface area contributed by atoms with Crippen LogP contribution in [-0.2, 0) is 0 Å². The van der Waals surface area contributed by atoms with Crippen molar-refractivity contribution in [2.24, 2.45) is 0 Å². The van der Waals surface area contributed by atoms with Gasteiger partial charge in [0, 0.05) is 18.0 Å². The number of nitrogens with zero attached hydrogens (tertiary/aromatic N) is 1. The number of carboxylic acid groups (broad SMARTS) is 1. The van der Waals surface area contributed by atoms with E-state index in [0.29, 0.717) is 16.3 Å². The van der Waals surface area contributed by atoms with Crippen LogP contribution >= 0.6 is 11.6 Å². The highest BCUT2D eigenvalue weighted by Crippen LogP contribution is 2.36. The number of amides is 1. The number of carbonyl (C=O) groups is 2. The van der Waals surface area contributed by atoms with Gasteiger partial charge in [0.1, 0.15) is 16.4 Å². The normalized spacial score (nSPS) is 19.5. The molecule has 2 heterocycles. The minimum atomic E-state index is -1.12. The van der Waals surface area contributed by atoms with Crippen molar-refractivity contribution < 1.29 is 19.1 Å². The fraction of sp³-hybridized carbons (Fsp3) is 0.286. The van der Waals surface area contributed by atoms with Crippen LogP contribution in [0.1, 0.15) is 58.1 Å². The molecule has 1 fully saturated rings. The highest BCUT2D eigenvalue weighted by molar-refractivity contribution is 6.29. The number of aromatic carboxylic acids is 1. The molecular formula is C21H19ClN2O4. The van der Waals surface area contributed by atoms with Gasteiger partial charge in [-0.25, -0.2) is 9.78 Å². The van der Waals surface area contributed by atoms with Crippen LogP contribution in [0.2, 0.25) is 5.15 Å². The second-order valence-corrected chi connectivity index (χ2v) is 7.38. The molecule has 1 aliphatic carbocycles. The number of carboxylic acids is 1. The second kappa shape index (κ2) is 7.64. The van der Waals surface area contributed by atoms with Crippen LogP contribution in [0.25, 0.3) is 11.1 Å². The van der Waals surface area contributed by atoms with E-state index < -0.39 is 5.97 Å². The van der Waals surface area contributed by atoms with Crippen LogP contribution in [0.5, 0.6) is 0 Å². The SMILES string of the molecule is O=C(O)c1ccccc1C(=O)NC1CCCC[C@@H]1c1cc2nc(Cl)ccc2o1. The van der Waals surface area contributed by atoms with E-state index >= 15 is 0 Å². The Hall–Kier alpha value is -2.86. The monoisotopic (exact) mass is 398 g/mol. The van der Waals surface area contributed by atoms with E-state index in [2.05, 4.69) is 10.3 Å². The van der Waals surface area contributed by atoms with Crippen molar-refractivity contribution in [3.63, 3.8) is 0 Å². The van der Waals surface area contributed by atoms with E-state index in [1.807, 2.05) is 6.07 Å². The maximum atomic E-state index is 12.8. The number of fused-ring (bicyclic) bond motifs is 1. The first kappa shape index (κ1) is 18.5. The van der Waals surface area contributed by atoms with Crippen molar-refractivity contribution in [2.45, 2.75) is 37.6 Å². The minimum Gasteiger partial charge on any atom is -0.478 e. The van der Waals surface area contributed by atoms with E-state index in [0.717, 1.165) is 31.4 Å². The van der Waals surface area contributed by atoms with Gasteiger partial charge in [-0.1, -0.05) is 36.6 Å². The molecule has 2 atom stereocenters. The molecular weight excluding hydrogens is 380 g/mol. The van der Waals surface area contributed by atoms with E-state index in [1.54, 1.807) is 24.3 Å². The number of halogens is 1. The van der Waals surface area contributed by atoms with Crippen molar-refractivity contribution >= 4 is 34.6 Å². The molecule has 2 N–H and O–H groups in total. The third-order valence-corrected chi connectivity index (χ3v) is 5.42. The van der Waals surface area contributed by atoms with Crippen molar-refractivity contribution in [2.75, 3.05) is 0 Å². The molecule has 1 aromatic carbocycles. The molecule has 0 saturated heterocycles. The number of carbonyl (C=O) groups excluding carboxylic acids is 1. The number of rotatable bonds is 4. The topological polar surface area (TPSA) is 92.4 Å². The Kier molecular flexibility index (Phi) is 5.05. The maximum Gasteiger partial charge on any atom is 0.336 e. The summed E-state index contributed by atoms with van der Waals surface area (Å²) in [5.41, 5.74) is 1.51. The average molecular weight is 399 g/mol. The van der Waals surface area contributed by atoms with Gasteiger partial charge in [-0.2, -0.15) is 0 Å². The van der Waals surface area contributed by atoms with E-state index in [4.69, 9.17) is 16.0 Å². The number of nitrogens with one attached hydrogen (secondary N) is 1. The highest BCUT2D eigenvalue weighted by Gasteiger charge is 2.31. The lowest BCUT2D eigenvalue weighted by Gasteiger charge is -2.31. The van der Waals surface area contributed by atoms with Crippen LogP contribution in [0.15, 0.2) is 46.9 Å². The largest absolute Gasteiger partial charge is 0.478 e. The Morgan fingerprint density at radius 1 is 1.11 bits per heavy atom. The lowest BCUT2D eigenvalue weighted by molar-refractivity contribution is 0.0690. The molecule has 3 aromatic rings. The molecule has 1 saturated carbocycles. The summed E-state index contributed by atoms with van der Waals surface area (Å²) in [6, 6.07) is 11.4. The summed E-state index contributed by atoms with van der Waals surface area (Å²) >= 11 is 5.96. The first-order valence-corrected chi connectivity index (χ1v) is 9.60. The Bertz CT molecular complexity index is 1050. The Morgan fingerprint density at radius 2 is 1.86 bits per heavy atom. The van der Waals surface area contributed by atoms with Gasteiger partial charge < -0.3 is 14.8 Å². The lowest BCUT2D eigenvalue weighted by Crippen LogP contribution is -2.41. The maximum absolute atomic E-state index is 12.8. The first-order chi connectivity index (χ1) is 13.5. The molecule has 1 unspecified atom stereocenters. The zero-order chi connectivity index (χ0) is 19.7. The predicted octanol–water partition coefficient (Wildman–Crippen LogP) is 4.64. The summed E-state index contributed by atoms with van der Waals surface area (Å²) in [5, 5.41) is 12.8. The molecule has 0 radical (unpaired) electrons. The van der Waals surface area contributed by atoms with Crippen LogP contribution in [-0.4, -0.2) is 28.0 Å². The van der Waals surface area contributed by atoms with Crippen molar-refractivity contribution in [3.05, 3.63) is 64.5 Å². The summed E-state index contributed by atoms with van der Waals surface area (Å²) in [6.07, 6.45) is 3.70. The number of hydrogen-bond acceptors (Lipinski definition) is 4. The summed E-state index contributed by atoms with van der Waals surface area (Å²) in [5.74, 6) is -0.734. The standard InChI is InChI=1S/C21H19ClN2O4/c22-19-10-9-17-16(23-19)11-18(28-17)14-7-3-4-8-15(14)24-20(25)12-5-1-2-6-13(12)21(26)27/h1-2,5-6,9-11,14-15H,3-4,7-8H2,(H,24,25)(H,26,27)/t14-,15?/m0/s1. The van der Waals surface area contributed by atoms with Gasteiger partial charge in [-0.05, 0) is 37.1 Å². The van der Waals surface area contributed by atoms with Gasteiger partial charge in [0.25, 0.3) is 5.91 Å². The number of hydrogen-bond donors (Lipinski definition) is 2. The van der Waals surface area contributed by atoms with E-state index in [-0.39, 0.29) is 29.0 Å². The fourth-order valence-corrected chi connectivity index (χ4v) is 4.01. The molecule has 2 aromatic heterocycles. The highest BCUT2D eigenvalue weighted by atomic mass is 35.5. The van der Waals surface area contributed by atoms with Crippen molar-refractivity contribution in [1.29, 1.82) is 0 Å². The third kappa shape index (κ3) is 3.60. The molecule has 0 aliphatic heterocycles. The summed E-state index contributed by atoms with van der Waals surface area (Å²) < 4.78 is 5.98. The predicted molar refractivity (Wildman–Crippen MR) is 105 cm³/mol. The Morgan fingerprint density at radius 3 is 2.64 bits per heavy atom. The average Bonchev–Trinajstić information content (AvgIpc) is 3.11. The van der Waals surface area contributed by atoms with Gasteiger partial charge in [-0.3, -0.25) is 4.79 Å². The molecule has 7 heteroatoms. The van der Waals surface area contributed by atoms with E-state index in [1.165, 1.54) is 12.1 Å². The molecule has 6 nitrogen and oxygen atoms in total. The van der Waals surface area contributed by atoms with Crippen molar-refractivity contribution in [1.82, 2.24) is 10.3 Å². The van der Waals surface area contributed by atoms with Gasteiger partial charge in [-0.15, -0.1) is 0 Å². The molecule has 144 valence electrons. The van der Waals surface area contributed by atoms with E-state index in [9.17, 15) is 14.7 Å². The zero-order valence-corrected chi connectivity index (χ0v) is 15.8. The van der Waals surface area contributed by atoms with Crippen LogP contribution < -0.4 is 5.32 Å². The molecule has 0 bridgehead atoms. The molecule has 28 heavy (non-hydrogen) atoms. The molecule has 0 spiro atoms. The minimum absolute atomic E-state index is 0.00247. The molecule has 1 aliphatic rings. The Labute approximate surface area is 166 Å². The first-order valence-electron chi connectivity index (χ1n) is 9.22. The van der Waals surface area contributed by atoms with Gasteiger partial charge >= 0.3 is 5.97 Å². The van der Waals surface area contributed by atoms with Crippen LogP contribution in [0.4, 0.5) is 0 Å². The number of benzene rings is 1. The van der Waals surface area contributed by atoms with Crippen LogP contribution in [0, 0.1) is 0 Å². The quantitative estimate of drug-likeness (QED) is 0.625. The van der Waals surface area contributed by atoms with Crippen LogP contribution in [0.3, 0.4) is 0 Å². The third-order valence-electron chi connectivity index (χ3n) is 5.21. The fourth-order valence-electron chi connectivity index (χ4n) is 3.86. The smallest absolute Gasteiger partial charge is 0.336 e. The van der Waals surface area contributed by atoms with Gasteiger partial charge in [0.05, 0.1) is 11.1 Å². The molecule has 4 rings (SSSR count). The lowest BCUT2D eigenvalue weighted by atomic mass is 9.82. The zero-order valence-electron chi connectivity index (χ0n) is 15.0. The molecule has 1 amide bonds. The number of furan rings is 1. The summed E-state index contributed by atoms with van der Waals surface area (Å²) in [6.45, 7) is 0. The van der Waals surface area contributed by atoms with Gasteiger partial charge in [0.2, 0.25) is 0 Å². The summed E-state index contributed by atoms with van der Waals surface area (Å²) in [7, 11) is 0.